The van der Waals surface area contributed by atoms with E-state index in [2.05, 4.69) is 67.6 Å². The van der Waals surface area contributed by atoms with Crippen molar-refractivity contribution in [3.8, 4) is 0 Å². The van der Waals surface area contributed by atoms with Gasteiger partial charge >= 0.3 is 0 Å². The van der Waals surface area contributed by atoms with Gasteiger partial charge in [0.05, 0.1) is 0 Å². The lowest BCUT2D eigenvalue weighted by Gasteiger charge is -2.10. The van der Waals surface area contributed by atoms with E-state index in [-0.39, 0.29) is 0 Å². The van der Waals surface area contributed by atoms with E-state index in [4.69, 9.17) is 5.73 Å². The first-order valence-corrected chi connectivity index (χ1v) is 7.55. The maximum atomic E-state index is 5.83. The summed E-state index contributed by atoms with van der Waals surface area (Å²) in [5.41, 5.74) is 8.32. The van der Waals surface area contributed by atoms with Gasteiger partial charge in [-0.05, 0) is 41.5 Å². The first kappa shape index (κ1) is 13.2. The minimum Gasteiger partial charge on any atom is -0.326 e. The van der Waals surface area contributed by atoms with Crippen molar-refractivity contribution in [3.05, 3.63) is 71.8 Å². The van der Waals surface area contributed by atoms with Gasteiger partial charge in [-0.1, -0.05) is 59.8 Å². The second kappa shape index (κ2) is 5.70. The van der Waals surface area contributed by atoms with Crippen LogP contribution in [0, 0.1) is 6.92 Å². The Hall–Kier alpha value is -1.77. The molecule has 0 saturated heterocycles. The van der Waals surface area contributed by atoms with E-state index in [1.807, 2.05) is 0 Å². The minimum atomic E-state index is 0.579. The Morgan fingerprint density at radius 1 is 0.850 bits per heavy atom. The van der Waals surface area contributed by atoms with Crippen LogP contribution in [0.4, 0.5) is 0 Å². The molecule has 2 heteroatoms. The molecule has 3 rings (SSSR count). The molecule has 0 atom stereocenters. The Morgan fingerprint density at radius 2 is 1.55 bits per heavy atom. The third kappa shape index (κ3) is 2.58. The number of hydrogen-bond donors (Lipinski definition) is 1. The smallest absolute Gasteiger partial charge is 0.0201 e. The Labute approximate surface area is 123 Å². The van der Waals surface area contributed by atoms with Gasteiger partial charge in [-0.25, -0.2) is 0 Å². The van der Waals surface area contributed by atoms with E-state index >= 15 is 0 Å². The maximum Gasteiger partial charge on any atom is 0.0201 e. The zero-order chi connectivity index (χ0) is 13.9. The van der Waals surface area contributed by atoms with Crippen LogP contribution in [-0.2, 0) is 6.54 Å². The summed E-state index contributed by atoms with van der Waals surface area (Å²) >= 11 is 1.80. The lowest BCUT2D eigenvalue weighted by atomic mass is 10.0. The number of fused-ring (bicyclic) bond motifs is 1. The van der Waals surface area contributed by atoms with Crippen molar-refractivity contribution in [2.24, 2.45) is 5.73 Å². The fourth-order valence-corrected chi connectivity index (χ4v) is 3.28. The SMILES string of the molecule is Cc1ccc(Sc2ccc(CN)c3ccccc23)cc1. The molecule has 20 heavy (non-hydrogen) atoms. The highest BCUT2D eigenvalue weighted by Crippen LogP contribution is 2.34. The zero-order valence-corrected chi connectivity index (χ0v) is 12.3. The Balaban J connectivity index is 2.06. The molecule has 0 radical (unpaired) electrons. The summed E-state index contributed by atoms with van der Waals surface area (Å²) in [7, 11) is 0. The molecule has 0 unspecified atom stereocenters. The molecule has 0 heterocycles. The molecule has 0 aliphatic heterocycles. The quantitative estimate of drug-likeness (QED) is 0.748. The molecule has 0 bridgehead atoms. The van der Waals surface area contributed by atoms with Crippen LogP contribution >= 0.6 is 11.8 Å². The van der Waals surface area contributed by atoms with E-state index in [9.17, 15) is 0 Å². The number of hydrogen-bond acceptors (Lipinski definition) is 2. The van der Waals surface area contributed by atoms with E-state index in [0.29, 0.717) is 6.54 Å². The summed E-state index contributed by atoms with van der Waals surface area (Å²) in [5, 5.41) is 2.54. The van der Waals surface area contributed by atoms with Gasteiger partial charge in [0.2, 0.25) is 0 Å². The van der Waals surface area contributed by atoms with Gasteiger partial charge in [0.15, 0.2) is 0 Å². The second-order valence-electron chi connectivity index (χ2n) is 4.89. The Bertz CT molecular complexity index is 732. The van der Waals surface area contributed by atoms with Crippen LogP contribution in [-0.4, -0.2) is 0 Å². The van der Waals surface area contributed by atoms with Gasteiger partial charge in [0, 0.05) is 16.3 Å². The van der Waals surface area contributed by atoms with Crippen LogP contribution in [0.2, 0.25) is 0 Å². The monoisotopic (exact) mass is 279 g/mol. The molecule has 0 amide bonds. The average molecular weight is 279 g/mol. The largest absolute Gasteiger partial charge is 0.326 e. The summed E-state index contributed by atoms with van der Waals surface area (Å²) in [5.74, 6) is 0. The highest BCUT2D eigenvalue weighted by molar-refractivity contribution is 7.99. The molecular weight excluding hydrogens is 262 g/mol. The summed E-state index contributed by atoms with van der Waals surface area (Å²) < 4.78 is 0. The van der Waals surface area contributed by atoms with Gasteiger partial charge in [-0.15, -0.1) is 0 Å². The second-order valence-corrected chi connectivity index (χ2v) is 6.00. The zero-order valence-electron chi connectivity index (χ0n) is 11.5. The molecule has 2 N–H and O–H groups in total. The fraction of sp³-hybridized carbons (Fsp3) is 0.111. The highest BCUT2D eigenvalue weighted by Gasteiger charge is 2.06. The predicted molar refractivity (Wildman–Crippen MR) is 87.1 cm³/mol. The fourth-order valence-electron chi connectivity index (χ4n) is 2.33. The summed E-state index contributed by atoms with van der Waals surface area (Å²) in [6.07, 6.45) is 0. The molecule has 0 fully saturated rings. The number of aryl methyl sites for hydroxylation is 1. The first-order valence-electron chi connectivity index (χ1n) is 6.73. The van der Waals surface area contributed by atoms with Crippen LogP contribution in [0.3, 0.4) is 0 Å². The Morgan fingerprint density at radius 3 is 2.25 bits per heavy atom. The van der Waals surface area contributed by atoms with Crippen molar-refractivity contribution in [1.29, 1.82) is 0 Å². The lowest BCUT2D eigenvalue weighted by Crippen LogP contribution is -1.97. The summed E-state index contributed by atoms with van der Waals surface area (Å²) in [4.78, 5) is 2.54. The van der Waals surface area contributed by atoms with Crippen molar-refractivity contribution in [2.75, 3.05) is 0 Å². The number of rotatable bonds is 3. The Kier molecular flexibility index (Phi) is 3.77. The van der Waals surface area contributed by atoms with Crippen molar-refractivity contribution in [3.63, 3.8) is 0 Å². The molecular formula is C18H17NS. The average Bonchev–Trinajstić information content (AvgIpc) is 2.50. The van der Waals surface area contributed by atoms with Gasteiger partial charge in [-0.3, -0.25) is 0 Å². The van der Waals surface area contributed by atoms with Crippen molar-refractivity contribution >= 4 is 22.5 Å². The lowest BCUT2D eigenvalue weighted by molar-refractivity contribution is 1.08. The molecule has 0 spiro atoms. The topological polar surface area (TPSA) is 26.0 Å². The number of nitrogens with two attached hydrogens (primary N) is 1. The van der Waals surface area contributed by atoms with E-state index in [1.165, 1.54) is 31.7 Å². The van der Waals surface area contributed by atoms with Crippen molar-refractivity contribution < 1.29 is 0 Å². The molecule has 0 aliphatic rings. The predicted octanol–water partition coefficient (Wildman–Crippen LogP) is 4.76. The van der Waals surface area contributed by atoms with Crippen LogP contribution in [0.5, 0.6) is 0 Å². The van der Waals surface area contributed by atoms with E-state index in [1.54, 1.807) is 11.8 Å². The molecule has 0 saturated carbocycles. The van der Waals surface area contributed by atoms with E-state index in [0.717, 1.165) is 0 Å². The summed E-state index contributed by atoms with van der Waals surface area (Å²) in [6, 6.07) is 21.4. The summed E-state index contributed by atoms with van der Waals surface area (Å²) in [6.45, 7) is 2.69. The van der Waals surface area contributed by atoms with Crippen LogP contribution in [0.25, 0.3) is 10.8 Å². The van der Waals surface area contributed by atoms with Gasteiger partial charge in [0.25, 0.3) is 0 Å². The third-order valence-corrected chi connectivity index (χ3v) is 4.53. The molecule has 0 aromatic heterocycles. The van der Waals surface area contributed by atoms with Crippen LogP contribution in [0.1, 0.15) is 11.1 Å². The highest BCUT2D eigenvalue weighted by atomic mass is 32.2. The molecule has 100 valence electrons. The van der Waals surface area contributed by atoms with E-state index < -0.39 is 0 Å². The molecule has 1 nitrogen and oxygen atoms in total. The van der Waals surface area contributed by atoms with Crippen LogP contribution in [0.15, 0.2) is 70.5 Å². The van der Waals surface area contributed by atoms with Crippen molar-refractivity contribution in [1.82, 2.24) is 0 Å². The minimum absolute atomic E-state index is 0.579. The third-order valence-electron chi connectivity index (χ3n) is 3.44. The van der Waals surface area contributed by atoms with Gasteiger partial charge < -0.3 is 5.73 Å². The molecule has 3 aromatic rings. The van der Waals surface area contributed by atoms with Gasteiger partial charge in [0.1, 0.15) is 0 Å². The van der Waals surface area contributed by atoms with Gasteiger partial charge in [-0.2, -0.15) is 0 Å². The molecule has 3 aromatic carbocycles. The van der Waals surface area contributed by atoms with Crippen molar-refractivity contribution in [2.45, 2.75) is 23.3 Å². The number of benzene rings is 3. The maximum absolute atomic E-state index is 5.83. The van der Waals surface area contributed by atoms with Crippen LogP contribution < -0.4 is 5.73 Å². The normalized spacial score (nSPS) is 10.9. The molecule has 0 aliphatic carbocycles. The first-order chi connectivity index (χ1) is 9.78. The standard InChI is InChI=1S/C18H17NS/c1-13-6-9-15(10-7-13)20-18-11-8-14(12-19)16-4-2-3-5-17(16)18/h2-11H,12,19H2,1H3.